The molecular formula is C31H33NO5. The van der Waals surface area contributed by atoms with Crippen LogP contribution in [0.15, 0.2) is 78.4 Å². The van der Waals surface area contributed by atoms with E-state index in [-0.39, 0.29) is 24.0 Å². The molecule has 0 spiro atoms. The lowest BCUT2D eigenvalue weighted by atomic mass is 9.93. The van der Waals surface area contributed by atoms with Crippen molar-refractivity contribution >= 4 is 17.4 Å². The number of hydrogen-bond acceptors (Lipinski definition) is 5. The fraction of sp³-hybridized carbons (Fsp3) is 0.290. The van der Waals surface area contributed by atoms with E-state index in [4.69, 9.17) is 9.47 Å². The number of Topliss-reactive ketones (excluding diaryl/α,β-unsaturated/α-hetero) is 1. The first-order chi connectivity index (χ1) is 17.7. The first-order valence-corrected chi connectivity index (χ1v) is 12.5. The summed E-state index contributed by atoms with van der Waals surface area (Å²) in [7, 11) is 1.59. The van der Waals surface area contributed by atoms with Crippen molar-refractivity contribution in [1.82, 2.24) is 4.90 Å². The fourth-order valence-corrected chi connectivity index (χ4v) is 4.52. The van der Waals surface area contributed by atoms with Crippen molar-refractivity contribution in [3.8, 4) is 11.5 Å². The number of nitrogens with zero attached hydrogens (tertiary/aromatic N) is 1. The number of ketones is 1. The number of carbonyl (C=O) groups excluding carboxylic acids is 2. The maximum Gasteiger partial charge on any atom is 0.295 e. The molecule has 1 atom stereocenters. The molecule has 0 aliphatic carbocycles. The minimum absolute atomic E-state index is 0.0491. The quantitative estimate of drug-likeness (QED) is 0.226. The van der Waals surface area contributed by atoms with Crippen LogP contribution in [0.3, 0.4) is 0 Å². The number of carbonyl (C=O) groups is 2. The number of methoxy groups -OCH3 is 1. The van der Waals surface area contributed by atoms with Crippen LogP contribution >= 0.6 is 0 Å². The Bertz CT molecular complexity index is 1310. The van der Waals surface area contributed by atoms with Crippen molar-refractivity contribution in [2.45, 2.75) is 52.3 Å². The van der Waals surface area contributed by atoms with Gasteiger partial charge in [-0.1, -0.05) is 62.4 Å². The van der Waals surface area contributed by atoms with E-state index in [1.54, 1.807) is 31.4 Å². The smallest absolute Gasteiger partial charge is 0.295 e. The van der Waals surface area contributed by atoms with E-state index >= 15 is 0 Å². The van der Waals surface area contributed by atoms with Crippen molar-refractivity contribution in [3.05, 3.63) is 101 Å². The van der Waals surface area contributed by atoms with Gasteiger partial charge in [0.05, 0.1) is 24.8 Å². The van der Waals surface area contributed by atoms with E-state index in [0.29, 0.717) is 23.0 Å². The molecule has 192 valence electrons. The largest absolute Gasteiger partial charge is 0.507 e. The van der Waals surface area contributed by atoms with Crippen molar-refractivity contribution < 1.29 is 24.2 Å². The van der Waals surface area contributed by atoms with Crippen molar-refractivity contribution in [3.63, 3.8) is 0 Å². The monoisotopic (exact) mass is 499 g/mol. The summed E-state index contributed by atoms with van der Waals surface area (Å²) in [6.45, 7) is 8.25. The van der Waals surface area contributed by atoms with Gasteiger partial charge in [-0.05, 0) is 60.7 Å². The highest BCUT2D eigenvalue weighted by molar-refractivity contribution is 6.46. The maximum absolute atomic E-state index is 13.4. The van der Waals surface area contributed by atoms with Gasteiger partial charge in [0, 0.05) is 12.1 Å². The molecule has 1 saturated heterocycles. The second-order valence-corrected chi connectivity index (χ2v) is 9.79. The fourth-order valence-electron chi connectivity index (χ4n) is 4.52. The second kappa shape index (κ2) is 10.9. The molecular weight excluding hydrogens is 466 g/mol. The van der Waals surface area contributed by atoms with Crippen LogP contribution in [0.1, 0.15) is 61.9 Å². The number of benzene rings is 3. The molecule has 0 saturated carbocycles. The van der Waals surface area contributed by atoms with Crippen molar-refractivity contribution in [2.75, 3.05) is 7.11 Å². The van der Waals surface area contributed by atoms with Gasteiger partial charge in [-0.25, -0.2) is 0 Å². The first-order valence-electron chi connectivity index (χ1n) is 12.5. The van der Waals surface area contributed by atoms with E-state index < -0.39 is 17.7 Å². The number of rotatable bonds is 8. The van der Waals surface area contributed by atoms with Crippen LogP contribution in [-0.4, -0.2) is 34.9 Å². The van der Waals surface area contributed by atoms with Crippen LogP contribution in [0.5, 0.6) is 11.5 Å². The molecule has 1 fully saturated rings. The Hall–Kier alpha value is -4.06. The summed E-state index contributed by atoms with van der Waals surface area (Å²) in [5.74, 6) is 0.0367. The third kappa shape index (κ3) is 5.53. The molecule has 0 radical (unpaired) electrons. The van der Waals surface area contributed by atoms with Gasteiger partial charge in [-0.15, -0.1) is 0 Å². The van der Waals surface area contributed by atoms with Gasteiger partial charge in [-0.2, -0.15) is 0 Å². The van der Waals surface area contributed by atoms with Crippen LogP contribution in [-0.2, 0) is 16.1 Å². The Balaban J connectivity index is 1.81. The zero-order valence-corrected chi connectivity index (χ0v) is 21.9. The van der Waals surface area contributed by atoms with Gasteiger partial charge in [0.15, 0.2) is 0 Å². The summed E-state index contributed by atoms with van der Waals surface area (Å²) in [5.41, 5.74) is 3.24. The topological polar surface area (TPSA) is 76.1 Å². The highest BCUT2D eigenvalue weighted by Gasteiger charge is 2.46. The molecule has 1 amide bonds. The molecule has 4 rings (SSSR count). The normalized spacial score (nSPS) is 17.1. The van der Waals surface area contributed by atoms with Crippen LogP contribution in [0.4, 0.5) is 0 Å². The lowest BCUT2D eigenvalue weighted by Gasteiger charge is -2.26. The van der Waals surface area contributed by atoms with Gasteiger partial charge in [0.1, 0.15) is 17.3 Å². The van der Waals surface area contributed by atoms with Gasteiger partial charge in [0.2, 0.25) is 0 Å². The summed E-state index contributed by atoms with van der Waals surface area (Å²) < 4.78 is 11.0. The average Bonchev–Trinajstić information content (AvgIpc) is 3.13. The van der Waals surface area contributed by atoms with E-state index in [2.05, 4.69) is 13.8 Å². The number of aliphatic hydroxyl groups excluding tert-OH is 1. The molecule has 1 N–H and O–H groups in total. The molecule has 3 aromatic carbocycles. The van der Waals surface area contributed by atoms with Crippen LogP contribution in [0, 0.1) is 0 Å². The number of likely N-dealkylation sites (tertiary alicyclic amines) is 1. The molecule has 3 aromatic rings. The highest BCUT2D eigenvalue weighted by Crippen LogP contribution is 2.41. The number of hydrogen-bond donors (Lipinski definition) is 1. The molecule has 6 heteroatoms. The highest BCUT2D eigenvalue weighted by atomic mass is 16.5. The predicted molar refractivity (Wildman–Crippen MR) is 144 cm³/mol. The standard InChI is InChI=1S/C31H33NO5/c1-19(2)22-11-13-23(14-12-22)28-27(29(33)24-7-6-8-26(17-24)37-20(3)4)30(34)31(35)32(28)18-21-9-15-25(36-5)16-10-21/h6-17,19-20,28,33H,18H2,1-5H3/b29-27-. The van der Waals surface area contributed by atoms with E-state index in [9.17, 15) is 14.7 Å². The molecule has 1 aliphatic rings. The Morgan fingerprint density at radius 1 is 0.919 bits per heavy atom. The Labute approximate surface area is 218 Å². The minimum atomic E-state index is -0.738. The van der Waals surface area contributed by atoms with Gasteiger partial charge in [0.25, 0.3) is 11.7 Å². The molecule has 6 nitrogen and oxygen atoms in total. The van der Waals surface area contributed by atoms with E-state index in [0.717, 1.165) is 16.7 Å². The van der Waals surface area contributed by atoms with Crippen molar-refractivity contribution in [1.29, 1.82) is 0 Å². The Kier molecular flexibility index (Phi) is 7.67. The average molecular weight is 500 g/mol. The number of aliphatic hydroxyl groups is 1. The summed E-state index contributed by atoms with van der Waals surface area (Å²) in [5, 5.41) is 11.4. The SMILES string of the molecule is COc1ccc(CN2C(=O)C(=O)/C(=C(\O)c3cccc(OC(C)C)c3)C2c2ccc(C(C)C)cc2)cc1. The van der Waals surface area contributed by atoms with Gasteiger partial charge >= 0.3 is 0 Å². The summed E-state index contributed by atoms with van der Waals surface area (Å²) >= 11 is 0. The third-order valence-electron chi connectivity index (χ3n) is 6.45. The van der Waals surface area contributed by atoms with Gasteiger partial charge in [-0.3, -0.25) is 9.59 Å². The summed E-state index contributed by atoms with van der Waals surface area (Å²) in [6.07, 6.45) is -0.0491. The molecule has 1 aliphatic heterocycles. The number of amides is 1. The Morgan fingerprint density at radius 3 is 2.19 bits per heavy atom. The van der Waals surface area contributed by atoms with Crippen molar-refractivity contribution in [2.24, 2.45) is 0 Å². The van der Waals surface area contributed by atoms with Gasteiger partial charge < -0.3 is 19.5 Å². The third-order valence-corrected chi connectivity index (χ3v) is 6.45. The lowest BCUT2D eigenvalue weighted by Crippen LogP contribution is -2.29. The number of ether oxygens (including phenoxy) is 2. The van der Waals surface area contributed by atoms with E-state index in [1.165, 1.54) is 4.90 Å². The predicted octanol–water partition coefficient (Wildman–Crippen LogP) is 6.23. The summed E-state index contributed by atoms with van der Waals surface area (Å²) in [4.78, 5) is 28.2. The maximum atomic E-state index is 13.4. The molecule has 0 bridgehead atoms. The van der Waals surface area contributed by atoms with Crippen LogP contribution in [0.2, 0.25) is 0 Å². The molecule has 0 aromatic heterocycles. The van der Waals surface area contributed by atoms with Crippen LogP contribution < -0.4 is 9.47 Å². The molecule has 1 unspecified atom stereocenters. The zero-order valence-electron chi connectivity index (χ0n) is 21.9. The second-order valence-electron chi connectivity index (χ2n) is 9.79. The first kappa shape index (κ1) is 26.0. The van der Waals surface area contributed by atoms with E-state index in [1.807, 2.05) is 62.4 Å². The Morgan fingerprint density at radius 2 is 1.59 bits per heavy atom. The lowest BCUT2D eigenvalue weighted by molar-refractivity contribution is -0.140. The zero-order chi connectivity index (χ0) is 26.7. The van der Waals surface area contributed by atoms with Crippen LogP contribution in [0.25, 0.3) is 5.76 Å². The molecule has 37 heavy (non-hydrogen) atoms. The molecule has 1 heterocycles. The minimum Gasteiger partial charge on any atom is -0.507 e. The summed E-state index contributed by atoms with van der Waals surface area (Å²) in [6, 6.07) is 21.4.